The molecule has 0 bridgehead atoms. The number of aromatic amines is 1. The standard InChI is InChI=1S/C8H9N3/c9-6-8(3-1-4-8)7-2-5-10-11-7/h2,5H,1,3-4H2,(H,10,11). The molecule has 3 heteroatoms. The van der Waals surface area contributed by atoms with Gasteiger partial charge in [-0.2, -0.15) is 10.4 Å². The van der Waals surface area contributed by atoms with E-state index >= 15 is 0 Å². The Morgan fingerprint density at radius 1 is 1.64 bits per heavy atom. The van der Waals surface area contributed by atoms with E-state index in [2.05, 4.69) is 16.3 Å². The number of hydrogen-bond donors (Lipinski definition) is 1. The summed E-state index contributed by atoms with van der Waals surface area (Å²) in [6.07, 6.45) is 4.82. The molecule has 0 aliphatic heterocycles. The molecule has 2 rings (SSSR count). The van der Waals surface area contributed by atoms with Crippen LogP contribution in [0.5, 0.6) is 0 Å². The fraction of sp³-hybridized carbons (Fsp3) is 0.500. The number of hydrogen-bond acceptors (Lipinski definition) is 2. The molecule has 0 amide bonds. The Labute approximate surface area is 65.0 Å². The van der Waals surface area contributed by atoms with Crippen molar-refractivity contribution < 1.29 is 0 Å². The number of nitrogens with zero attached hydrogens (tertiary/aromatic N) is 2. The molecule has 0 saturated heterocycles. The van der Waals surface area contributed by atoms with Crippen molar-refractivity contribution in [1.82, 2.24) is 10.2 Å². The minimum absolute atomic E-state index is 0.226. The van der Waals surface area contributed by atoms with E-state index < -0.39 is 0 Å². The number of rotatable bonds is 1. The largest absolute Gasteiger partial charge is 0.281 e. The van der Waals surface area contributed by atoms with Gasteiger partial charge in [0.1, 0.15) is 0 Å². The van der Waals surface area contributed by atoms with Gasteiger partial charge < -0.3 is 0 Å². The molecule has 11 heavy (non-hydrogen) atoms. The van der Waals surface area contributed by atoms with Gasteiger partial charge in [0.25, 0.3) is 0 Å². The molecule has 3 nitrogen and oxygen atoms in total. The number of H-pyrrole nitrogens is 1. The van der Waals surface area contributed by atoms with Gasteiger partial charge >= 0.3 is 0 Å². The van der Waals surface area contributed by atoms with Gasteiger partial charge in [0, 0.05) is 6.20 Å². The highest BCUT2D eigenvalue weighted by Gasteiger charge is 2.40. The van der Waals surface area contributed by atoms with Crippen LogP contribution in [0.1, 0.15) is 25.0 Å². The molecule has 1 fully saturated rings. The van der Waals surface area contributed by atoms with Crippen LogP contribution < -0.4 is 0 Å². The Kier molecular flexibility index (Phi) is 1.22. The minimum Gasteiger partial charge on any atom is -0.281 e. The Bertz CT molecular complexity index is 277. The molecular formula is C8H9N3. The van der Waals surface area contributed by atoms with E-state index in [1.807, 2.05) is 6.07 Å². The third-order valence-corrected chi connectivity index (χ3v) is 2.44. The molecule has 0 unspecified atom stereocenters. The summed E-state index contributed by atoms with van der Waals surface area (Å²) in [6, 6.07) is 4.24. The Hall–Kier alpha value is -1.30. The summed E-state index contributed by atoms with van der Waals surface area (Å²) < 4.78 is 0. The molecular weight excluding hydrogens is 138 g/mol. The van der Waals surface area contributed by atoms with Crippen molar-refractivity contribution in [2.24, 2.45) is 0 Å². The number of nitrogens with one attached hydrogen (secondary N) is 1. The molecule has 1 aliphatic rings. The Balaban J connectivity index is 2.34. The molecule has 1 aromatic heterocycles. The van der Waals surface area contributed by atoms with Gasteiger partial charge in [-0.3, -0.25) is 5.10 Å². The number of aromatic nitrogens is 2. The van der Waals surface area contributed by atoms with Gasteiger partial charge in [-0.15, -0.1) is 0 Å². The van der Waals surface area contributed by atoms with E-state index in [4.69, 9.17) is 5.26 Å². The van der Waals surface area contributed by atoms with Crippen LogP contribution in [0.15, 0.2) is 12.3 Å². The highest BCUT2D eigenvalue weighted by Crippen LogP contribution is 2.41. The van der Waals surface area contributed by atoms with Gasteiger partial charge in [0.05, 0.1) is 17.2 Å². The molecule has 0 atom stereocenters. The lowest BCUT2D eigenvalue weighted by Gasteiger charge is -2.33. The molecule has 0 spiro atoms. The topological polar surface area (TPSA) is 52.5 Å². The van der Waals surface area contributed by atoms with Gasteiger partial charge in [-0.05, 0) is 25.3 Å². The monoisotopic (exact) mass is 147 g/mol. The van der Waals surface area contributed by atoms with Crippen LogP contribution in [0.2, 0.25) is 0 Å². The third-order valence-electron chi connectivity index (χ3n) is 2.44. The lowest BCUT2D eigenvalue weighted by Crippen LogP contribution is -2.32. The molecule has 1 heterocycles. The smallest absolute Gasteiger partial charge is 0.0987 e. The van der Waals surface area contributed by atoms with Gasteiger partial charge in [0.15, 0.2) is 0 Å². The highest BCUT2D eigenvalue weighted by molar-refractivity contribution is 5.28. The van der Waals surface area contributed by atoms with Crippen molar-refractivity contribution in [1.29, 1.82) is 5.26 Å². The van der Waals surface area contributed by atoms with E-state index in [1.165, 1.54) is 0 Å². The zero-order valence-corrected chi connectivity index (χ0v) is 6.17. The van der Waals surface area contributed by atoms with Gasteiger partial charge in [-0.1, -0.05) is 0 Å². The van der Waals surface area contributed by atoms with Gasteiger partial charge in [-0.25, -0.2) is 0 Å². The summed E-state index contributed by atoms with van der Waals surface area (Å²) in [7, 11) is 0. The third kappa shape index (κ3) is 0.758. The molecule has 1 aliphatic carbocycles. The molecule has 1 N–H and O–H groups in total. The van der Waals surface area contributed by atoms with E-state index in [-0.39, 0.29) is 5.41 Å². The normalized spacial score (nSPS) is 20.3. The quantitative estimate of drug-likeness (QED) is 0.652. The lowest BCUT2D eigenvalue weighted by molar-refractivity contribution is 0.316. The molecule has 1 saturated carbocycles. The maximum Gasteiger partial charge on any atom is 0.0987 e. The summed E-state index contributed by atoms with van der Waals surface area (Å²) in [5, 5.41) is 15.6. The lowest BCUT2D eigenvalue weighted by atomic mass is 9.68. The summed E-state index contributed by atoms with van der Waals surface area (Å²) in [6.45, 7) is 0. The average molecular weight is 147 g/mol. The van der Waals surface area contributed by atoms with Crippen LogP contribution in [0.3, 0.4) is 0 Å². The van der Waals surface area contributed by atoms with E-state index in [0.717, 1.165) is 25.0 Å². The molecule has 0 aromatic carbocycles. The summed E-state index contributed by atoms with van der Waals surface area (Å²) in [5.41, 5.74) is 0.752. The summed E-state index contributed by atoms with van der Waals surface area (Å²) in [4.78, 5) is 0. The Morgan fingerprint density at radius 2 is 2.45 bits per heavy atom. The maximum atomic E-state index is 8.91. The second-order valence-electron chi connectivity index (χ2n) is 3.02. The van der Waals surface area contributed by atoms with Crippen molar-refractivity contribution in [3.05, 3.63) is 18.0 Å². The SMILES string of the molecule is N#CC1(c2ccn[nH]2)CCC1. The van der Waals surface area contributed by atoms with Crippen molar-refractivity contribution in [3.63, 3.8) is 0 Å². The Morgan fingerprint density at radius 3 is 2.82 bits per heavy atom. The van der Waals surface area contributed by atoms with Crippen molar-refractivity contribution in [2.75, 3.05) is 0 Å². The first-order valence-corrected chi connectivity index (χ1v) is 3.78. The van der Waals surface area contributed by atoms with Crippen molar-refractivity contribution in [2.45, 2.75) is 24.7 Å². The molecule has 56 valence electrons. The van der Waals surface area contributed by atoms with Crippen LogP contribution in [0, 0.1) is 11.3 Å². The predicted octanol–water partition coefficient (Wildman–Crippen LogP) is 1.35. The molecule has 1 aromatic rings. The van der Waals surface area contributed by atoms with Crippen molar-refractivity contribution >= 4 is 0 Å². The average Bonchev–Trinajstić information content (AvgIpc) is 2.39. The van der Waals surface area contributed by atoms with E-state index in [9.17, 15) is 0 Å². The van der Waals surface area contributed by atoms with E-state index in [0.29, 0.717) is 0 Å². The fourth-order valence-corrected chi connectivity index (χ4v) is 1.49. The maximum absolute atomic E-state index is 8.91. The van der Waals surface area contributed by atoms with Crippen LogP contribution in [0.25, 0.3) is 0 Å². The first kappa shape index (κ1) is 6.41. The van der Waals surface area contributed by atoms with Crippen LogP contribution in [-0.2, 0) is 5.41 Å². The van der Waals surface area contributed by atoms with Crippen molar-refractivity contribution in [3.8, 4) is 6.07 Å². The van der Waals surface area contributed by atoms with Crippen LogP contribution in [-0.4, -0.2) is 10.2 Å². The predicted molar refractivity (Wildman–Crippen MR) is 39.7 cm³/mol. The summed E-state index contributed by atoms with van der Waals surface area (Å²) in [5.74, 6) is 0. The fourth-order valence-electron chi connectivity index (χ4n) is 1.49. The second-order valence-corrected chi connectivity index (χ2v) is 3.02. The highest BCUT2D eigenvalue weighted by atomic mass is 15.1. The van der Waals surface area contributed by atoms with Crippen LogP contribution >= 0.6 is 0 Å². The van der Waals surface area contributed by atoms with Gasteiger partial charge in [0.2, 0.25) is 0 Å². The molecule has 0 radical (unpaired) electrons. The van der Waals surface area contributed by atoms with E-state index in [1.54, 1.807) is 6.20 Å². The first-order chi connectivity index (χ1) is 5.37. The first-order valence-electron chi connectivity index (χ1n) is 3.78. The van der Waals surface area contributed by atoms with Crippen LogP contribution in [0.4, 0.5) is 0 Å². The zero-order chi connectivity index (χ0) is 7.73. The second kappa shape index (κ2) is 2.09. The summed E-state index contributed by atoms with van der Waals surface area (Å²) >= 11 is 0. The minimum atomic E-state index is -0.226. The zero-order valence-electron chi connectivity index (χ0n) is 6.17. The number of nitriles is 1.